The minimum Gasteiger partial charge on any atom is -0.479 e. The average Bonchev–Trinajstić information content (AvgIpc) is 3.30. The Morgan fingerprint density at radius 3 is 2.48 bits per heavy atom. The van der Waals surface area contributed by atoms with E-state index in [0.717, 1.165) is 0 Å². The molecule has 0 saturated carbocycles. The van der Waals surface area contributed by atoms with Crippen molar-refractivity contribution in [3.63, 3.8) is 0 Å². The number of amides is 1. The lowest BCUT2D eigenvalue weighted by Crippen LogP contribution is -2.34. The molecule has 1 atom stereocenters. The number of carbonyl (C=O) groups is 2. The van der Waals surface area contributed by atoms with Crippen molar-refractivity contribution in [2.45, 2.75) is 37.4 Å². The lowest BCUT2D eigenvalue weighted by Gasteiger charge is -2.16. The zero-order valence-electron chi connectivity index (χ0n) is 12.3. The van der Waals surface area contributed by atoms with Gasteiger partial charge in [-0.3, -0.25) is 4.79 Å². The van der Waals surface area contributed by atoms with Gasteiger partial charge in [-0.25, -0.2) is 4.79 Å². The summed E-state index contributed by atoms with van der Waals surface area (Å²) in [5.41, 5.74) is -0.0963. The zero-order chi connectivity index (χ0) is 16.9. The number of hydrogen-bond donors (Lipinski definition) is 2. The van der Waals surface area contributed by atoms with E-state index in [9.17, 15) is 14.7 Å². The third kappa shape index (κ3) is 4.80. The maximum atomic E-state index is 12.0. The number of hydrogen-bond acceptors (Lipinski definition) is 4. The molecule has 1 heterocycles. The molecule has 0 bridgehead atoms. The summed E-state index contributed by atoms with van der Waals surface area (Å²) in [5, 5.41) is 20.2. The smallest absolute Gasteiger partial charge is 0.330 e. The van der Waals surface area contributed by atoms with E-state index >= 15 is 0 Å². The van der Waals surface area contributed by atoms with Gasteiger partial charge in [0.15, 0.2) is 11.7 Å². The van der Waals surface area contributed by atoms with Crippen LogP contribution >= 0.6 is 11.6 Å². The fourth-order valence-corrected chi connectivity index (χ4v) is 2.28. The normalized spacial score (nSPS) is 15.5. The number of carbonyl (C=O) groups excluding carboxylic acids is 1. The van der Waals surface area contributed by atoms with Crippen LogP contribution in [0.25, 0.3) is 0 Å². The topological polar surface area (TPSA) is 91.1 Å². The molecular formula is C16H16ClN3O3. The molecular weight excluding hydrogens is 318 g/mol. The van der Waals surface area contributed by atoms with Crippen molar-refractivity contribution >= 4 is 23.5 Å². The zero-order valence-corrected chi connectivity index (χ0v) is 13.1. The van der Waals surface area contributed by atoms with Crippen LogP contribution in [0.4, 0.5) is 0 Å². The largest absolute Gasteiger partial charge is 0.479 e. The molecule has 1 aromatic carbocycles. The number of carboxylic acids is 1. The van der Waals surface area contributed by atoms with Gasteiger partial charge < -0.3 is 10.4 Å². The van der Waals surface area contributed by atoms with Gasteiger partial charge in [-0.05, 0) is 17.7 Å². The minimum atomic E-state index is -1.14. The predicted molar refractivity (Wildman–Crippen MR) is 84.9 cm³/mol. The van der Waals surface area contributed by atoms with Gasteiger partial charge in [0.1, 0.15) is 0 Å². The summed E-state index contributed by atoms with van der Waals surface area (Å²) in [6.07, 6.45) is 6.91. The fraction of sp³-hybridized carbons (Fsp3) is 0.375. The molecule has 0 aliphatic carbocycles. The third-order valence-electron chi connectivity index (χ3n) is 3.56. The van der Waals surface area contributed by atoms with Gasteiger partial charge >= 0.3 is 5.97 Å². The molecule has 0 aromatic heterocycles. The van der Waals surface area contributed by atoms with E-state index in [0.29, 0.717) is 29.8 Å². The summed E-state index contributed by atoms with van der Waals surface area (Å²) >= 11 is 5.78. The van der Waals surface area contributed by atoms with E-state index in [1.807, 2.05) is 0 Å². The number of nitrogens with one attached hydrogen (secondary N) is 1. The lowest BCUT2D eigenvalue weighted by atomic mass is 10.0. The van der Waals surface area contributed by atoms with Crippen molar-refractivity contribution in [2.24, 2.45) is 10.2 Å². The van der Waals surface area contributed by atoms with Crippen LogP contribution in [-0.2, 0) is 9.59 Å². The second-order valence-corrected chi connectivity index (χ2v) is 5.71. The quantitative estimate of drug-likeness (QED) is 0.716. The van der Waals surface area contributed by atoms with Crippen molar-refractivity contribution in [3.05, 3.63) is 34.9 Å². The minimum absolute atomic E-state index is 0.134. The Morgan fingerprint density at radius 1 is 1.30 bits per heavy atom. The summed E-state index contributed by atoms with van der Waals surface area (Å²) in [7, 11) is 0. The number of halogens is 1. The molecule has 2 rings (SSSR count). The van der Waals surface area contributed by atoms with Crippen LogP contribution < -0.4 is 5.32 Å². The van der Waals surface area contributed by atoms with E-state index in [1.165, 1.54) is 0 Å². The number of nitrogens with zero attached hydrogens (tertiary/aromatic N) is 2. The lowest BCUT2D eigenvalue weighted by molar-refractivity contribution is -0.142. The molecule has 0 radical (unpaired) electrons. The highest BCUT2D eigenvalue weighted by molar-refractivity contribution is 6.30. The Hall–Kier alpha value is -2.39. The number of aliphatic carboxylic acids is 1. The molecule has 2 N–H and O–H groups in total. The first-order valence-corrected chi connectivity index (χ1v) is 7.49. The van der Waals surface area contributed by atoms with Gasteiger partial charge in [-0.2, -0.15) is 10.2 Å². The molecule has 1 aliphatic heterocycles. The molecule has 120 valence electrons. The molecule has 1 amide bonds. The van der Waals surface area contributed by atoms with E-state index in [-0.39, 0.29) is 12.3 Å². The van der Waals surface area contributed by atoms with Crippen LogP contribution in [0.1, 0.15) is 37.3 Å². The van der Waals surface area contributed by atoms with Crippen molar-refractivity contribution in [1.29, 1.82) is 0 Å². The van der Waals surface area contributed by atoms with Crippen LogP contribution in [-0.4, -0.2) is 22.6 Å². The van der Waals surface area contributed by atoms with Crippen LogP contribution in [0.2, 0.25) is 5.02 Å². The van der Waals surface area contributed by atoms with Gasteiger partial charge in [-0.1, -0.05) is 23.7 Å². The molecule has 1 unspecified atom stereocenters. The highest BCUT2D eigenvalue weighted by Crippen LogP contribution is 2.37. The molecule has 0 fully saturated rings. The first-order chi connectivity index (χ1) is 11.0. The molecule has 1 aliphatic rings. The Bertz CT molecular complexity index is 658. The maximum absolute atomic E-state index is 12.0. The maximum Gasteiger partial charge on any atom is 0.330 e. The Balaban J connectivity index is 1.90. The summed E-state index contributed by atoms with van der Waals surface area (Å²) in [6, 6.07) is 5.18. The number of terminal acetylenes is 1. The van der Waals surface area contributed by atoms with Crippen LogP contribution in [0, 0.1) is 12.3 Å². The second kappa shape index (κ2) is 7.25. The molecule has 7 heteroatoms. The van der Waals surface area contributed by atoms with E-state index in [1.54, 1.807) is 24.3 Å². The molecule has 0 saturated heterocycles. The molecule has 6 nitrogen and oxygen atoms in total. The van der Waals surface area contributed by atoms with Crippen LogP contribution in [0.3, 0.4) is 0 Å². The predicted octanol–water partition coefficient (Wildman–Crippen LogP) is 2.94. The van der Waals surface area contributed by atoms with Crippen molar-refractivity contribution in [3.8, 4) is 12.3 Å². The van der Waals surface area contributed by atoms with Gasteiger partial charge in [0.2, 0.25) is 5.91 Å². The SMILES string of the molecule is C#CCCC1(CCC(=O)NC(C(=O)O)c2ccc(Cl)cc2)N=N1. The summed E-state index contributed by atoms with van der Waals surface area (Å²) in [6.45, 7) is 0. The summed E-state index contributed by atoms with van der Waals surface area (Å²) in [4.78, 5) is 23.4. The van der Waals surface area contributed by atoms with Gasteiger partial charge in [0, 0.05) is 30.7 Å². The molecule has 23 heavy (non-hydrogen) atoms. The average molecular weight is 334 g/mol. The van der Waals surface area contributed by atoms with Gasteiger partial charge in [0.25, 0.3) is 0 Å². The highest BCUT2D eigenvalue weighted by atomic mass is 35.5. The number of rotatable bonds is 8. The van der Waals surface area contributed by atoms with E-state index in [2.05, 4.69) is 21.5 Å². The van der Waals surface area contributed by atoms with Gasteiger partial charge in [0.05, 0.1) is 0 Å². The number of carboxylic acid groups (broad SMARTS) is 1. The fourth-order valence-electron chi connectivity index (χ4n) is 2.16. The summed E-state index contributed by atoms with van der Waals surface area (Å²) < 4.78 is 0. The molecule has 0 spiro atoms. The second-order valence-electron chi connectivity index (χ2n) is 5.28. The Morgan fingerprint density at radius 2 is 1.96 bits per heavy atom. The van der Waals surface area contributed by atoms with E-state index in [4.69, 9.17) is 18.0 Å². The number of benzene rings is 1. The van der Waals surface area contributed by atoms with Crippen molar-refractivity contribution in [2.75, 3.05) is 0 Å². The molecule has 1 aromatic rings. The third-order valence-corrected chi connectivity index (χ3v) is 3.81. The first kappa shape index (κ1) is 17.0. The van der Waals surface area contributed by atoms with Crippen molar-refractivity contribution < 1.29 is 14.7 Å². The summed E-state index contributed by atoms with van der Waals surface area (Å²) in [5.74, 6) is 1.01. The Kier molecular flexibility index (Phi) is 5.35. The van der Waals surface area contributed by atoms with Crippen molar-refractivity contribution in [1.82, 2.24) is 5.32 Å². The Labute approximate surface area is 138 Å². The van der Waals surface area contributed by atoms with Crippen LogP contribution in [0.5, 0.6) is 0 Å². The van der Waals surface area contributed by atoms with Gasteiger partial charge in [-0.15, -0.1) is 12.3 Å². The monoisotopic (exact) mass is 333 g/mol. The van der Waals surface area contributed by atoms with E-state index < -0.39 is 17.7 Å². The first-order valence-electron chi connectivity index (χ1n) is 7.11. The highest BCUT2D eigenvalue weighted by Gasteiger charge is 2.39. The standard InChI is InChI=1S/C16H16ClN3O3/c1-2-3-9-16(19-20-16)10-8-13(21)18-14(15(22)23)11-4-6-12(17)7-5-11/h1,4-7,14H,3,8-10H2,(H,18,21)(H,22,23). The van der Waals surface area contributed by atoms with Crippen LogP contribution in [0.15, 0.2) is 34.5 Å².